The third kappa shape index (κ3) is 4.13. The van der Waals surface area contributed by atoms with Crippen molar-refractivity contribution >= 4 is 50.7 Å². The second kappa shape index (κ2) is 6.49. The zero-order valence-corrected chi connectivity index (χ0v) is 14.1. The molecule has 2 aromatic carbocycles. The Labute approximate surface area is 136 Å². The van der Waals surface area contributed by atoms with Gasteiger partial charge in [0.05, 0.1) is 10.0 Å². The maximum Gasteiger partial charge on any atom is 0.0595 e. The van der Waals surface area contributed by atoms with E-state index in [0.29, 0.717) is 10.0 Å². The van der Waals surface area contributed by atoms with Gasteiger partial charge in [-0.05, 0) is 54.3 Å². The van der Waals surface area contributed by atoms with Crippen LogP contribution >= 0.6 is 50.7 Å². The Morgan fingerprint density at radius 3 is 2.37 bits per heavy atom. The molecule has 0 N–H and O–H groups in total. The molecule has 0 aliphatic rings. The molecule has 0 heterocycles. The van der Waals surface area contributed by atoms with Gasteiger partial charge in [0, 0.05) is 9.85 Å². The van der Waals surface area contributed by atoms with Crippen molar-refractivity contribution in [1.29, 1.82) is 0 Å². The molecule has 0 bridgehead atoms. The second-order valence-corrected chi connectivity index (χ2v) is 6.84. The number of aryl methyl sites for hydroxylation is 1. The van der Waals surface area contributed by atoms with Crippen molar-refractivity contribution in [3.63, 3.8) is 0 Å². The first-order valence-electron chi connectivity index (χ1n) is 5.81. The Balaban J connectivity index is 2.20. The van der Waals surface area contributed by atoms with E-state index in [1.165, 1.54) is 0 Å². The first-order valence-corrected chi connectivity index (χ1v) is 7.86. The SMILES string of the molecule is Cc1cc(Cl)cc(C(Br)Cc2ccc(Cl)c(Cl)c2)c1. The molecule has 1 atom stereocenters. The fourth-order valence-corrected chi connectivity index (χ4v) is 3.19. The van der Waals surface area contributed by atoms with Crippen LogP contribution in [0.15, 0.2) is 36.4 Å². The molecule has 0 spiro atoms. The normalized spacial score (nSPS) is 12.5. The summed E-state index contributed by atoms with van der Waals surface area (Å²) in [6.45, 7) is 2.04. The van der Waals surface area contributed by atoms with E-state index in [0.717, 1.165) is 28.1 Å². The fourth-order valence-electron chi connectivity index (χ4n) is 1.94. The molecule has 2 rings (SSSR count). The highest BCUT2D eigenvalue weighted by Crippen LogP contribution is 2.31. The van der Waals surface area contributed by atoms with Gasteiger partial charge >= 0.3 is 0 Å². The smallest absolute Gasteiger partial charge is 0.0595 e. The van der Waals surface area contributed by atoms with Crippen molar-refractivity contribution < 1.29 is 0 Å². The second-order valence-electron chi connectivity index (χ2n) is 4.48. The molecule has 0 aromatic heterocycles. The summed E-state index contributed by atoms with van der Waals surface area (Å²) in [6, 6.07) is 11.8. The molecule has 19 heavy (non-hydrogen) atoms. The van der Waals surface area contributed by atoms with Crippen LogP contribution in [0.3, 0.4) is 0 Å². The number of alkyl halides is 1. The third-order valence-electron chi connectivity index (χ3n) is 2.83. The Bertz CT molecular complexity index is 576. The summed E-state index contributed by atoms with van der Waals surface area (Å²) in [7, 11) is 0. The Morgan fingerprint density at radius 2 is 1.74 bits per heavy atom. The van der Waals surface area contributed by atoms with Gasteiger partial charge in [-0.2, -0.15) is 0 Å². The summed E-state index contributed by atoms with van der Waals surface area (Å²) in [5.74, 6) is 0. The highest BCUT2D eigenvalue weighted by molar-refractivity contribution is 9.09. The number of hydrogen-bond donors (Lipinski definition) is 0. The van der Waals surface area contributed by atoms with Crippen molar-refractivity contribution in [2.24, 2.45) is 0 Å². The minimum Gasteiger partial charge on any atom is -0.0843 e. The lowest BCUT2D eigenvalue weighted by Gasteiger charge is -2.12. The number of hydrogen-bond acceptors (Lipinski definition) is 0. The van der Waals surface area contributed by atoms with Crippen LogP contribution in [0, 0.1) is 6.92 Å². The molecule has 0 saturated heterocycles. The lowest BCUT2D eigenvalue weighted by Crippen LogP contribution is -1.96. The van der Waals surface area contributed by atoms with Crippen LogP contribution in [0.5, 0.6) is 0 Å². The first kappa shape index (κ1) is 15.2. The zero-order chi connectivity index (χ0) is 14.0. The van der Waals surface area contributed by atoms with E-state index in [4.69, 9.17) is 34.8 Å². The minimum atomic E-state index is 0.196. The predicted molar refractivity (Wildman–Crippen MR) is 88.0 cm³/mol. The summed E-state index contributed by atoms with van der Waals surface area (Å²) in [5, 5.41) is 1.92. The van der Waals surface area contributed by atoms with Crippen LogP contribution < -0.4 is 0 Å². The van der Waals surface area contributed by atoms with Crippen LogP contribution in [-0.2, 0) is 6.42 Å². The summed E-state index contributed by atoms with van der Waals surface area (Å²) in [5.41, 5.74) is 3.45. The van der Waals surface area contributed by atoms with Crippen molar-refractivity contribution in [3.05, 3.63) is 68.2 Å². The van der Waals surface area contributed by atoms with Gasteiger partial charge in [0.2, 0.25) is 0 Å². The van der Waals surface area contributed by atoms with Gasteiger partial charge in [0.1, 0.15) is 0 Å². The molecule has 0 fully saturated rings. The van der Waals surface area contributed by atoms with Crippen LogP contribution in [0.25, 0.3) is 0 Å². The molecule has 0 amide bonds. The standard InChI is InChI=1S/C15H12BrCl3/c1-9-4-11(8-12(17)5-9)13(16)6-10-2-3-14(18)15(19)7-10/h2-5,7-8,13H,6H2,1H3. The van der Waals surface area contributed by atoms with E-state index in [9.17, 15) is 0 Å². The Morgan fingerprint density at radius 1 is 1.00 bits per heavy atom. The molecule has 4 heteroatoms. The largest absolute Gasteiger partial charge is 0.0843 e. The first-order chi connectivity index (χ1) is 8.95. The maximum atomic E-state index is 6.08. The van der Waals surface area contributed by atoms with E-state index in [2.05, 4.69) is 22.0 Å². The summed E-state index contributed by atoms with van der Waals surface area (Å²) < 4.78 is 0. The average Bonchev–Trinajstić information content (AvgIpc) is 2.32. The van der Waals surface area contributed by atoms with Gasteiger partial charge in [0.25, 0.3) is 0 Å². The van der Waals surface area contributed by atoms with Gasteiger partial charge in [-0.15, -0.1) is 0 Å². The van der Waals surface area contributed by atoms with Crippen LogP contribution in [0.4, 0.5) is 0 Å². The molecule has 0 nitrogen and oxygen atoms in total. The summed E-state index contributed by atoms with van der Waals surface area (Å²) in [6.07, 6.45) is 0.830. The van der Waals surface area contributed by atoms with Crippen LogP contribution in [0.1, 0.15) is 21.5 Å². The predicted octanol–water partition coefficient (Wildman–Crippen LogP) is 6.63. The third-order valence-corrected chi connectivity index (χ3v) is 4.63. The van der Waals surface area contributed by atoms with E-state index in [1.807, 2.05) is 37.3 Å². The lowest BCUT2D eigenvalue weighted by atomic mass is 10.0. The fraction of sp³-hybridized carbons (Fsp3) is 0.200. The number of halogens is 4. The van der Waals surface area contributed by atoms with Crippen molar-refractivity contribution in [3.8, 4) is 0 Å². The molecule has 0 aliphatic carbocycles. The van der Waals surface area contributed by atoms with E-state index in [1.54, 1.807) is 0 Å². The van der Waals surface area contributed by atoms with Gasteiger partial charge in [0.15, 0.2) is 0 Å². The molecular formula is C15H12BrCl3. The molecule has 0 radical (unpaired) electrons. The highest BCUT2D eigenvalue weighted by Gasteiger charge is 2.11. The average molecular weight is 379 g/mol. The van der Waals surface area contributed by atoms with E-state index in [-0.39, 0.29) is 4.83 Å². The van der Waals surface area contributed by atoms with Crippen molar-refractivity contribution in [2.75, 3.05) is 0 Å². The summed E-state index contributed by atoms with van der Waals surface area (Å²) >= 11 is 21.7. The number of benzene rings is 2. The highest BCUT2D eigenvalue weighted by atomic mass is 79.9. The van der Waals surface area contributed by atoms with E-state index < -0.39 is 0 Å². The molecule has 0 aliphatic heterocycles. The van der Waals surface area contributed by atoms with Crippen LogP contribution in [-0.4, -0.2) is 0 Å². The van der Waals surface area contributed by atoms with Crippen molar-refractivity contribution in [1.82, 2.24) is 0 Å². The van der Waals surface area contributed by atoms with Gasteiger partial charge < -0.3 is 0 Å². The number of rotatable bonds is 3. The summed E-state index contributed by atoms with van der Waals surface area (Å²) in [4.78, 5) is 0.196. The monoisotopic (exact) mass is 376 g/mol. The lowest BCUT2D eigenvalue weighted by molar-refractivity contribution is 0.947. The molecule has 0 saturated carbocycles. The minimum absolute atomic E-state index is 0.196. The molecule has 2 aromatic rings. The molecular weight excluding hydrogens is 366 g/mol. The van der Waals surface area contributed by atoms with Crippen LogP contribution in [0.2, 0.25) is 15.1 Å². The Kier molecular flexibility index (Phi) is 5.19. The zero-order valence-electron chi connectivity index (χ0n) is 10.3. The molecule has 1 unspecified atom stereocenters. The van der Waals surface area contributed by atoms with Gasteiger partial charge in [-0.25, -0.2) is 0 Å². The quantitative estimate of drug-likeness (QED) is 0.526. The van der Waals surface area contributed by atoms with Crippen molar-refractivity contribution in [2.45, 2.75) is 18.2 Å². The van der Waals surface area contributed by atoms with Gasteiger partial charge in [-0.3, -0.25) is 0 Å². The molecule has 100 valence electrons. The topological polar surface area (TPSA) is 0 Å². The van der Waals surface area contributed by atoms with Gasteiger partial charge in [-0.1, -0.05) is 62.9 Å². The maximum absolute atomic E-state index is 6.08. The Hall–Kier alpha value is -0.210. The van der Waals surface area contributed by atoms with E-state index >= 15 is 0 Å².